The molecule has 1 unspecified atom stereocenters. The number of aliphatic hydroxyl groups excluding tert-OH is 2. The van der Waals surface area contributed by atoms with E-state index in [0.29, 0.717) is 23.7 Å². The van der Waals surface area contributed by atoms with Crippen molar-refractivity contribution in [3.05, 3.63) is 23.3 Å². The number of allylic oxidation sites excluding steroid dienone is 4. The first-order valence-electron chi connectivity index (χ1n) is 12.8. The number of carbonyl (C=O) groups is 1. The Bertz CT molecular complexity index is 779. The molecule has 0 aliphatic heterocycles. The maximum Gasteiger partial charge on any atom is 0.158 e. The Kier molecular flexibility index (Phi) is 6.10. The third-order valence-electron chi connectivity index (χ3n) is 10.4. The third kappa shape index (κ3) is 3.68. The molecule has 0 amide bonds. The molecule has 3 nitrogen and oxygen atoms in total. The predicted octanol–water partition coefficient (Wildman–Crippen LogP) is 5.70. The summed E-state index contributed by atoms with van der Waals surface area (Å²) in [4.78, 5) is 12.8. The molecular weight excluding hydrogens is 384 g/mol. The molecule has 0 spiro atoms. The first-order chi connectivity index (χ1) is 14.5. The molecule has 0 aromatic rings. The molecule has 3 heteroatoms. The molecule has 0 bridgehead atoms. The first kappa shape index (κ1) is 23.2. The summed E-state index contributed by atoms with van der Waals surface area (Å²) in [6, 6.07) is 0. The zero-order valence-electron chi connectivity index (χ0n) is 20.5. The molecule has 4 rings (SSSR count). The van der Waals surface area contributed by atoms with Crippen LogP contribution in [0.4, 0.5) is 0 Å². The van der Waals surface area contributed by atoms with Gasteiger partial charge in [-0.3, -0.25) is 4.79 Å². The topological polar surface area (TPSA) is 57.5 Å². The lowest BCUT2D eigenvalue weighted by atomic mass is 9.48. The van der Waals surface area contributed by atoms with Crippen LogP contribution in [0.3, 0.4) is 0 Å². The summed E-state index contributed by atoms with van der Waals surface area (Å²) in [6.45, 7) is 13.3. The largest absolute Gasteiger partial charge is 0.393 e. The standard InChI is InChI=1S/C28H44O3/c1-16(2)18(4)25(30)13-17(3)21-7-8-22-20-15-26(31)24-14-19(29)9-11-28(24,6)23(20)10-12-27(21,22)5/h10,13,16,18-22,24,26,29,31H,7-9,11-12,14-15H2,1-6H3/b17-13+/t18?,19-,20-,21+,22-,24+,26-,27+,28+/m0/s1. The molecule has 4 aliphatic rings. The van der Waals surface area contributed by atoms with Crippen molar-refractivity contribution in [2.24, 2.45) is 46.3 Å². The van der Waals surface area contributed by atoms with Gasteiger partial charge in [0.25, 0.3) is 0 Å². The Labute approximate surface area is 189 Å². The van der Waals surface area contributed by atoms with Crippen LogP contribution in [0, 0.1) is 46.3 Å². The molecule has 3 saturated carbocycles. The van der Waals surface area contributed by atoms with Crippen molar-refractivity contribution in [2.75, 3.05) is 0 Å². The zero-order chi connectivity index (χ0) is 22.7. The second kappa shape index (κ2) is 8.13. The molecule has 0 aromatic carbocycles. The van der Waals surface area contributed by atoms with E-state index < -0.39 is 0 Å². The lowest BCUT2D eigenvalue weighted by Crippen LogP contribution is -2.53. The summed E-state index contributed by atoms with van der Waals surface area (Å²) in [5, 5.41) is 21.4. The van der Waals surface area contributed by atoms with Gasteiger partial charge in [-0.2, -0.15) is 0 Å². The van der Waals surface area contributed by atoms with Crippen LogP contribution in [-0.2, 0) is 4.79 Å². The minimum Gasteiger partial charge on any atom is -0.393 e. The number of ketones is 1. The fraction of sp³-hybridized carbons (Fsp3) is 0.821. The number of hydrogen-bond donors (Lipinski definition) is 2. The van der Waals surface area contributed by atoms with Crippen LogP contribution in [0.2, 0.25) is 0 Å². The van der Waals surface area contributed by atoms with Crippen molar-refractivity contribution >= 4 is 5.78 Å². The van der Waals surface area contributed by atoms with Gasteiger partial charge in [0.2, 0.25) is 0 Å². The van der Waals surface area contributed by atoms with E-state index in [0.717, 1.165) is 38.5 Å². The van der Waals surface area contributed by atoms with Crippen molar-refractivity contribution in [2.45, 2.75) is 98.7 Å². The number of hydrogen-bond acceptors (Lipinski definition) is 3. The molecule has 0 heterocycles. The lowest BCUT2D eigenvalue weighted by Gasteiger charge is -2.58. The molecule has 4 aliphatic carbocycles. The smallest absolute Gasteiger partial charge is 0.158 e. The molecule has 0 aromatic heterocycles. The molecule has 9 atom stereocenters. The summed E-state index contributed by atoms with van der Waals surface area (Å²) in [5.41, 5.74) is 3.06. The van der Waals surface area contributed by atoms with Gasteiger partial charge in [0.1, 0.15) is 0 Å². The third-order valence-corrected chi connectivity index (χ3v) is 10.4. The normalized spacial score (nSPS) is 46.1. The highest BCUT2D eigenvalue weighted by Gasteiger charge is 2.59. The second-order valence-corrected chi connectivity index (χ2v) is 12.3. The average Bonchev–Trinajstić information content (AvgIpc) is 3.06. The Balaban J connectivity index is 1.62. The van der Waals surface area contributed by atoms with Crippen LogP contribution >= 0.6 is 0 Å². The Hall–Kier alpha value is -0.930. The van der Waals surface area contributed by atoms with Gasteiger partial charge < -0.3 is 10.2 Å². The van der Waals surface area contributed by atoms with Gasteiger partial charge in [-0.15, -0.1) is 0 Å². The molecular formula is C28H44O3. The van der Waals surface area contributed by atoms with E-state index in [1.54, 1.807) is 5.57 Å². The monoisotopic (exact) mass is 428 g/mol. The van der Waals surface area contributed by atoms with Gasteiger partial charge in [0.05, 0.1) is 12.2 Å². The van der Waals surface area contributed by atoms with E-state index in [2.05, 4.69) is 40.7 Å². The summed E-state index contributed by atoms with van der Waals surface area (Å²) < 4.78 is 0. The molecule has 2 N–H and O–H groups in total. The van der Waals surface area contributed by atoms with Gasteiger partial charge >= 0.3 is 0 Å². The van der Waals surface area contributed by atoms with Crippen molar-refractivity contribution in [1.29, 1.82) is 0 Å². The Morgan fingerprint density at radius 2 is 1.81 bits per heavy atom. The summed E-state index contributed by atoms with van der Waals surface area (Å²) in [5.74, 6) is 2.40. The summed E-state index contributed by atoms with van der Waals surface area (Å²) in [7, 11) is 0. The van der Waals surface area contributed by atoms with Crippen LogP contribution in [0.25, 0.3) is 0 Å². The van der Waals surface area contributed by atoms with Crippen LogP contribution < -0.4 is 0 Å². The van der Waals surface area contributed by atoms with Gasteiger partial charge in [-0.1, -0.05) is 51.8 Å². The van der Waals surface area contributed by atoms with Gasteiger partial charge in [-0.25, -0.2) is 0 Å². The number of carbonyl (C=O) groups excluding carboxylic acids is 1. The maximum atomic E-state index is 12.8. The van der Waals surface area contributed by atoms with Crippen molar-refractivity contribution in [3.8, 4) is 0 Å². The van der Waals surface area contributed by atoms with Crippen LogP contribution in [-0.4, -0.2) is 28.2 Å². The van der Waals surface area contributed by atoms with Crippen LogP contribution in [0.15, 0.2) is 23.3 Å². The molecule has 174 valence electrons. The minimum absolute atomic E-state index is 0.0362. The summed E-state index contributed by atoms with van der Waals surface area (Å²) >= 11 is 0. The first-order valence-corrected chi connectivity index (χ1v) is 12.8. The molecule has 0 radical (unpaired) electrons. The molecule has 3 fully saturated rings. The van der Waals surface area contributed by atoms with Crippen molar-refractivity contribution < 1.29 is 15.0 Å². The van der Waals surface area contributed by atoms with E-state index in [-0.39, 0.29) is 40.7 Å². The van der Waals surface area contributed by atoms with E-state index in [9.17, 15) is 15.0 Å². The average molecular weight is 429 g/mol. The fourth-order valence-electron chi connectivity index (χ4n) is 8.08. The zero-order valence-corrected chi connectivity index (χ0v) is 20.5. The van der Waals surface area contributed by atoms with Crippen LogP contribution in [0.1, 0.15) is 86.5 Å². The van der Waals surface area contributed by atoms with E-state index in [4.69, 9.17) is 0 Å². The second-order valence-electron chi connectivity index (χ2n) is 12.3. The number of rotatable bonds is 4. The van der Waals surface area contributed by atoms with Gasteiger partial charge in [-0.05, 0) is 98.4 Å². The molecule has 31 heavy (non-hydrogen) atoms. The summed E-state index contributed by atoms with van der Waals surface area (Å²) in [6.07, 6.45) is 10.8. The lowest BCUT2D eigenvalue weighted by molar-refractivity contribution is -0.118. The quantitative estimate of drug-likeness (QED) is 0.446. The maximum absolute atomic E-state index is 12.8. The van der Waals surface area contributed by atoms with Gasteiger partial charge in [0, 0.05) is 5.92 Å². The highest BCUT2D eigenvalue weighted by molar-refractivity contribution is 5.92. The van der Waals surface area contributed by atoms with Gasteiger partial charge in [0.15, 0.2) is 5.78 Å². The number of aliphatic hydroxyl groups is 2. The highest BCUT2D eigenvalue weighted by atomic mass is 16.3. The minimum atomic E-state index is -0.311. The van der Waals surface area contributed by atoms with E-state index in [1.807, 2.05) is 13.0 Å². The number of fused-ring (bicyclic) bond motifs is 5. The predicted molar refractivity (Wildman–Crippen MR) is 125 cm³/mol. The molecule has 0 saturated heterocycles. The van der Waals surface area contributed by atoms with Crippen LogP contribution in [0.5, 0.6) is 0 Å². The fourth-order valence-corrected chi connectivity index (χ4v) is 8.08. The van der Waals surface area contributed by atoms with Crippen molar-refractivity contribution in [1.82, 2.24) is 0 Å². The Morgan fingerprint density at radius 1 is 1.10 bits per heavy atom. The van der Waals surface area contributed by atoms with Crippen molar-refractivity contribution in [3.63, 3.8) is 0 Å². The SMILES string of the molecule is C/C(=C\C(=O)C(C)C(C)C)[C@H]1CC[C@H]2[C@@H]3C[C@H](O)[C@H]4C[C@@H](O)CC[C@]4(C)C3=CC[C@]12C. The van der Waals surface area contributed by atoms with E-state index >= 15 is 0 Å². The highest BCUT2D eigenvalue weighted by Crippen LogP contribution is 2.66. The Morgan fingerprint density at radius 3 is 2.48 bits per heavy atom. The van der Waals surface area contributed by atoms with E-state index in [1.165, 1.54) is 12.0 Å².